The van der Waals surface area contributed by atoms with Crippen molar-refractivity contribution in [1.29, 1.82) is 0 Å². The molecule has 0 spiro atoms. The SMILES string of the molecule is CCN(CC)C(=O)[C@H]1C[C@H]2[C@@H]3CC=C4C[C@@H](OC(C)=O)CC[C@]4(C)[C@H]3CC[C@]2(C)[C@@H]1C(C)=O. The lowest BCUT2D eigenvalue weighted by Crippen LogP contribution is -2.51. The maximum atomic E-state index is 13.5. The molecular formula is C28H43NO4. The number of carbonyl (C=O) groups is 3. The van der Waals surface area contributed by atoms with Crippen molar-refractivity contribution < 1.29 is 19.1 Å². The summed E-state index contributed by atoms with van der Waals surface area (Å²) in [4.78, 5) is 39.9. The molecule has 1 amide bonds. The first-order chi connectivity index (χ1) is 15.6. The van der Waals surface area contributed by atoms with Gasteiger partial charge in [-0.1, -0.05) is 25.5 Å². The van der Waals surface area contributed by atoms with Gasteiger partial charge in [0.2, 0.25) is 5.91 Å². The Hall–Kier alpha value is -1.65. The molecule has 0 aromatic heterocycles. The van der Waals surface area contributed by atoms with Crippen LogP contribution >= 0.6 is 0 Å². The van der Waals surface area contributed by atoms with Crippen LogP contribution in [-0.2, 0) is 19.1 Å². The van der Waals surface area contributed by atoms with E-state index >= 15 is 0 Å². The van der Waals surface area contributed by atoms with E-state index in [9.17, 15) is 14.4 Å². The average Bonchev–Trinajstić information content (AvgIpc) is 3.08. The molecule has 8 atom stereocenters. The number of Topliss-reactive ketones (excluding diaryl/α,β-unsaturated/α-hetero) is 1. The molecule has 4 aliphatic carbocycles. The summed E-state index contributed by atoms with van der Waals surface area (Å²) in [5.74, 6) is 1.40. The number of ether oxygens (including phenoxy) is 1. The first kappa shape index (κ1) is 24.5. The van der Waals surface area contributed by atoms with Crippen molar-refractivity contribution in [3.8, 4) is 0 Å². The summed E-state index contributed by atoms with van der Waals surface area (Å²) in [6.07, 6.45) is 9.33. The van der Waals surface area contributed by atoms with Gasteiger partial charge in [-0.05, 0) is 87.9 Å². The van der Waals surface area contributed by atoms with E-state index in [2.05, 4.69) is 19.9 Å². The van der Waals surface area contributed by atoms with Crippen LogP contribution in [0.1, 0.15) is 86.5 Å². The Morgan fingerprint density at radius 3 is 2.36 bits per heavy atom. The second-order valence-corrected chi connectivity index (χ2v) is 11.7. The van der Waals surface area contributed by atoms with Crippen LogP contribution in [0.2, 0.25) is 0 Å². The molecule has 5 heteroatoms. The van der Waals surface area contributed by atoms with Gasteiger partial charge in [0, 0.05) is 38.3 Å². The molecule has 5 nitrogen and oxygen atoms in total. The summed E-state index contributed by atoms with van der Waals surface area (Å²) in [5, 5.41) is 0. The lowest BCUT2D eigenvalue weighted by molar-refractivity contribution is -0.149. The molecule has 3 saturated carbocycles. The third-order valence-electron chi connectivity index (χ3n) is 10.3. The Morgan fingerprint density at radius 2 is 1.76 bits per heavy atom. The van der Waals surface area contributed by atoms with Crippen LogP contribution in [0.5, 0.6) is 0 Å². The van der Waals surface area contributed by atoms with Gasteiger partial charge >= 0.3 is 5.97 Å². The molecule has 3 fully saturated rings. The highest BCUT2D eigenvalue weighted by atomic mass is 16.5. The quantitative estimate of drug-likeness (QED) is 0.421. The number of hydrogen-bond acceptors (Lipinski definition) is 4. The van der Waals surface area contributed by atoms with Crippen molar-refractivity contribution in [2.24, 2.45) is 40.4 Å². The van der Waals surface area contributed by atoms with Gasteiger partial charge in [-0.2, -0.15) is 0 Å². The molecular weight excluding hydrogens is 414 g/mol. The zero-order valence-electron chi connectivity index (χ0n) is 21.5. The van der Waals surface area contributed by atoms with Gasteiger partial charge in [0.15, 0.2) is 0 Å². The highest BCUT2D eigenvalue weighted by molar-refractivity contribution is 5.89. The second kappa shape index (κ2) is 8.85. The Labute approximate surface area is 199 Å². The summed E-state index contributed by atoms with van der Waals surface area (Å²) >= 11 is 0. The maximum Gasteiger partial charge on any atom is 0.302 e. The molecule has 4 aliphatic rings. The first-order valence-corrected chi connectivity index (χ1v) is 13.2. The Kier molecular flexibility index (Phi) is 6.56. The van der Waals surface area contributed by atoms with E-state index in [1.54, 1.807) is 6.92 Å². The van der Waals surface area contributed by atoms with Crippen LogP contribution in [0, 0.1) is 40.4 Å². The van der Waals surface area contributed by atoms with Crippen LogP contribution in [0.25, 0.3) is 0 Å². The molecule has 4 rings (SSSR count). The molecule has 0 radical (unpaired) electrons. The maximum absolute atomic E-state index is 13.5. The number of carbonyl (C=O) groups excluding carboxylic acids is 3. The topological polar surface area (TPSA) is 63.7 Å². The fourth-order valence-corrected chi connectivity index (χ4v) is 8.77. The molecule has 0 N–H and O–H groups in total. The molecule has 0 aromatic carbocycles. The average molecular weight is 458 g/mol. The largest absolute Gasteiger partial charge is 0.462 e. The number of esters is 1. The predicted molar refractivity (Wildman–Crippen MR) is 128 cm³/mol. The fraction of sp³-hybridized carbons (Fsp3) is 0.821. The molecule has 0 aromatic rings. The smallest absolute Gasteiger partial charge is 0.302 e. The molecule has 0 aliphatic heterocycles. The highest BCUT2D eigenvalue weighted by Crippen LogP contribution is 2.67. The van der Waals surface area contributed by atoms with Gasteiger partial charge < -0.3 is 9.64 Å². The van der Waals surface area contributed by atoms with Gasteiger partial charge in [0.1, 0.15) is 11.9 Å². The van der Waals surface area contributed by atoms with Gasteiger partial charge in [0.25, 0.3) is 0 Å². The van der Waals surface area contributed by atoms with Crippen molar-refractivity contribution >= 4 is 17.7 Å². The Morgan fingerprint density at radius 1 is 1.06 bits per heavy atom. The highest BCUT2D eigenvalue weighted by Gasteiger charge is 2.63. The summed E-state index contributed by atoms with van der Waals surface area (Å²) in [6, 6.07) is 0. The van der Waals surface area contributed by atoms with E-state index in [4.69, 9.17) is 4.74 Å². The Balaban J connectivity index is 1.63. The van der Waals surface area contributed by atoms with Crippen molar-refractivity contribution in [2.45, 2.75) is 92.6 Å². The third-order valence-corrected chi connectivity index (χ3v) is 10.3. The van der Waals surface area contributed by atoms with Gasteiger partial charge in [-0.15, -0.1) is 0 Å². The van der Waals surface area contributed by atoms with Crippen molar-refractivity contribution in [3.63, 3.8) is 0 Å². The van der Waals surface area contributed by atoms with Gasteiger partial charge in [-0.25, -0.2) is 0 Å². The summed E-state index contributed by atoms with van der Waals surface area (Å²) in [6.45, 7) is 13.4. The molecule has 33 heavy (non-hydrogen) atoms. The number of allylic oxidation sites excluding steroid dienone is 1. The minimum absolute atomic E-state index is 0.0110. The number of rotatable bonds is 5. The standard InChI is InChI=1S/C28H43NO4/c1-7-29(8-2)26(32)22-16-24-21-10-9-19-15-20(33-18(4)31)11-13-27(19,5)23(21)12-14-28(24,6)25(22)17(3)30/h9,20-25H,7-8,10-16H2,1-6H3/t20-,21+,22-,23-,24-,25+,27-,28-/m0/s1. The molecule has 0 saturated heterocycles. The van der Waals surface area contributed by atoms with Crippen LogP contribution in [0.4, 0.5) is 0 Å². The lowest BCUT2D eigenvalue weighted by atomic mass is 9.47. The van der Waals surface area contributed by atoms with Gasteiger partial charge in [0.05, 0.1) is 0 Å². The van der Waals surface area contributed by atoms with E-state index in [1.165, 1.54) is 12.5 Å². The zero-order valence-corrected chi connectivity index (χ0v) is 21.5. The minimum atomic E-state index is -0.184. The molecule has 0 heterocycles. The Bertz CT molecular complexity index is 845. The lowest BCUT2D eigenvalue weighted by Gasteiger charge is -2.58. The van der Waals surface area contributed by atoms with E-state index in [0.717, 1.165) is 44.9 Å². The number of hydrogen-bond donors (Lipinski definition) is 0. The van der Waals surface area contributed by atoms with Crippen LogP contribution in [-0.4, -0.2) is 41.8 Å². The normalized spacial score (nSPS) is 41.8. The number of amides is 1. The van der Waals surface area contributed by atoms with E-state index < -0.39 is 0 Å². The summed E-state index contributed by atoms with van der Waals surface area (Å²) in [5.41, 5.74) is 1.53. The number of fused-ring (bicyclic) bond motifs is 5. The molecule has 0 bridgehead atoms. The van der Waals surface area contributed by atoms with Crippen LogP contribution < -0.4 is 0 Å². The van der Waals surface area contributed by atoms with E-state index in [0.29, 0.717) is 30.8 Å². The molecule has 184 valence electrons. The van der Waals surface area contributed by atoms with E-state index in [1.807, 2.05) is 18.7 Å². The molecule has 0 unspecified atom stereocenters. The first-order valence-electron chi connectivity index (χ1n) is 13.2. The number of ketones is 1. The monoisotopic (exact) mass is 457 g/mol. The minimum Gasteiger partial charge on any atom is -0.462 e. The van der Waals surface area contributed by atoms with Crippen LogP contribution in [0.15, 0.2) is 11.6 Å². The van der Waals surface area contributed by atoms with Crippen molar-refractivity contribution in [1.82, 2.24) is 4.90 Å². The van der Waals surface area contributed by atoms with Crippen molar-refractivity contribution in [2.75, 3.05) is 13.1 Å². The summed E-state index contributed by atoms with van der Waals surface area (Å²) in [7, 11) is 0. The number of nitrogens with zero attached hydrogens (tertiary/aromatic N) is 1. The zero-order chi connectivity index (χ0) is 24.1. The third kappa shape index (κ3) is 3.87. The van der Waals surface area contributed by atoms with Crippen LogP contribution in [0.3, 0.4) is 0 Å². The van der Waals surface area contributed by atoms with Gasteiger partial charge in [-0.3, -0.25) is 14.4 Å². The summed E-state index contributed by atoms with van der Waals surface area (Å²) < 4.78 is 5.57. The van der Waals surface area contributed by atoms with Crippen molar-refractivity contribution in [3.05, 3.63) is 11.6 Å². The predicted octanol–water partition coefficient (Wildman–Crippen LogP) is 5.18. The fourth-order valence-electron chi connectivity index (χ4n) is 8.77. The second-order valence-electron chi connectivity index (χ2n) is 11.7. The van der Waals surface area contributed by atoms with E-state index in [-0.39, 0.29) is 46.4 Å².